The molecule has 7 heteroatoms. The van der Waals surface area contributed by atoms with Crippen LogP contribution in [0.4, 0.5) is 4.39 Å². The van der Waals surface area contributed by atoms with Gasteiger partial charge in [-0.05, 0) is 24.6 Å². The van der Waals surface area contributed by atoms with Crippen molar-refractivity contribution >= 4 is 28.5 Å². The second kappa shape index (κ2) is 6.68. The lowest BCUT2D eigenvalue weighted by atomic mass is 10.1. The van der Waals surface area contributed by atoms with Gasteiger partial charge in [-0.25, -0.2) is 9.37 Å². The van der Waals surface area contributed by atoms with Crippen LogP contribution < -0.4 is 0 Å². The predicted molar refractivity (Wildman–Crippen MR) is 97.6 cm³/mol. The third kappa shape index (κ3) is 2.94. The zero-order valence-corrected chi connectivity index (χ0v) is 15.1. The minimum atomic E-state index is -0.440. The lowest BCUT2D eigenvalue weighted by Crippen LogP contribution is -2.30. The second-order valence-corrected chi connectivity index (χ2v) is 7.00. The Hall–Kier alpha value is -2.47. The fraction of sp³-hybridized carbons (Fsp3) is 0.316. The molecule has 0 aliphatic carbocycles. The summed E-state index contributed by atoms with van der Waals surface area (Å²) in [6, 6.07) is 6.36. The van der Waals surface area contributed by atoms with Crippen LogP contribution in [0.25, 0.3) is 11.0 Å². The number of imidazole rings is 1. The molecule has 3 heterocycles. The average molecular weight is 373 g/mol. The van der Waals surface area contributed by atoms with Crippen LogP contribution in [-0.4, -0.2) is 38.4 Å². The highest BCUT2D eigenvalue weighted by atomic mass is 35.5. The molecular weight excluding hydrogens is 355 g/mol. The van der Waals surface area contributed by atoms with Gasteiger partial charge in [0.1, 0.15) is 11.6 Å². The number of amides is 1. The molecule has 2 aromatic heterocycles. The number of hydrogen-bond acceptors (Lipinski definition) is 3. The van der Waals surface area contributed by atoms with Crippen LogP contribution in [0.2, 0.25) is 5.02 Å². The Morgan fingerprint density at radius 2 is 2.23 bits per heavy atom. The summed E-state index contributed by atoms with van der Waals surface area (Å²) in [5, 5.41) is 0.289. The van der Waals surface area contributed by atoms with Gasteiger partial charge >= 0.3 is 0 Å². The third-order valence-corrected chi connectivity index (χ3v) is 5.37. The van der Waals surface area contributed by atoms with E-state index in [1.807, 2.05) is 17.7 Å². The summed E-state index contributed by atoms with van der Waals surface area (Å²) in [4.78, 5) is 23.2. The number of pyridine rings is 1. The number of carbonyl (C=O) groups is 1. The molecule has 1 aliphatic rings. The van der Waals surface area contributed by atoms with Crippen LogP contribution in [0.5, 0.6) is 0 Å². The Morgan fingerprint density at radius 1 is 1.38 bits per heavy atom. The summed E-state index contributed by atoms with van der Waals surface area (Å²) in [6.45, 7) is 1.21. The highest BCUT2D eigenvalue weighted by Gasteiger charge is 2.31. The van der Waals surface area contributed by atoms with Crippen molar-refractivity contribution in [2.75, 3.05) is 13.1 Å². The van der Waals surface area contributed by atoms with Crippen LogP contribution in [0.1, 0.15) is 23.7 Å². The largest absolute Gasteiger partial charge is 0.342 e. The first-order valence-corrected chi connectivity index (χ1v) is 8.89. The van der Waals surface area contributed by atoms with E-state index >= 15 is 0 Å². The van der Waals surface area contributed by atoms with E-state index in [1.165, 1.54) is 12.1 Å². The molecule has 1 aromatic carbocycles. The number of benzene rings is 1. The van der Waals surface area contributed by atoms with E-state index in [1.54, 1.807) is 23.4 Å². The summed E-state index contributed by atoms with van der Waals surface area (Å²) in [6.07, 6.45) is 4.33. The maximum absolute atomic E-state index is 13.9. The molecule has 26 heavy (non-hydrogen) atoms. The first-order valence-electron chi connectivity index (χ1n) is 8.51. The molecule has 0 unspecified atom stereocenters. The van der Waals surface area contributed by atoms with Crippen molar-refractivity contribution in [2.45, 2.75) is 18.8 Å². The molecule has 0 bridgehead atoms. The third-order valence-electron chi connectivity index (χ3n) is 5.01. The Bertz CT molecular complexity index is 967. The van der Waals surface area contributed by atoms with Crippen LogP contribution in [0.3, 0.4) is 0 Å². The quantitative estimate of drug-likeness (QED) is 0.708. The zero-order valence-electron chi connectivity index (χ0n) is 14.3. The number of nitrogens with zero attached hydrogens (tertiary/aromatic N) is 4. The van der Waals surface area contributed by atoms with Crippen LogP contribution >= 0.6 is 11.6 Å². The average Bonchev–Trinajstić information content (AvgIpc) is 3.24. The Balaban J connectivity index is 1.51. The van der Waals surface area contributed by atoms with E-state index in [2.05, 4.69) is 4.98 Å². The van der Waals surface area contributed by atoms with Gasteiger partial charge in [-0.2, -0.15) is 0 Å². The Morgan fingerprint density at radius 3 is 3.00 bits per heavy atom. The van der Waals surface area contributed by atoms with E-state index in [9.17, 15) is 9.18 Å². The van der Waals surface area contributed by atoms with E-state index in [0.29, 0.717) is 13.1 Å². The molecule has 1 aliphatic heterocycles. The highest BCUT2D eigenvalue weighted by Crippen LogP contribution is 2.29. The van der Waals surface area contributed by atoms with E-state index in [0.717, 1.165) is 23.3 Å². The molecule has 5 nitrogen and oxygen atoms in total. The summed E-state index contributed by atoms with van der Waals surface area (Å²) in [5.41, 5.74) is 2.14. The van der Waals surface area contributed by atoms with Crippen molar-refractivity contribution in [1.29, 1.82) is 0 Å². The molecule has 0 radical (unpaired) electrons. The van der Waals surface area contributed by atoms with Gasteiger partial charge in [-0.15, -0.1) is 0 Å². The minimum absolute atomic E-state index is 0.0231. The smallest absolute Gasteiger partial charge is 0.227 e. The molecule has 0 spiro atoms. The minimum Gasteiger partial charge on any atom is -0.342 e. The van der Waals surface area contributed by atoms with Gasteiger partial charge in [-0.3, -0.25) is 9.78 Å². The number of carbonyl (C=O) groups excluding carboxylic acids is 1. The monoisotopic (exact) mass is 372 g/mol. The van der Waals surface area contributed by atoms with Gasteiger partial charge < -0.3 is 9.47 Å². The van der Waals surface area contributed by atoms with Gasteiger partial charge in [0, 0.05) is 42.8 Å². The summed E-state index contributed by atoms with van der Waals surface area (Å²) in [7, 11) is 1.97. The maximum Gasteiger partial charge on any atom is 0.227 e. The second-order valence-electron chi connectivity index (χ2n) is 6.60. The van der Waals surface area contributed by atoms with E-state index < -0.39 is 5.82 Å². The predicted octanol–water partition coefficient (Wildman–Crippen LogP) is 3.32. The summed E-state index contributed by atoms with van der Waals surface area (Å²) in [5.74, 6) is 0.559. The maximum atomic E-state index is 13.9. The van der Waals surface area contributed by atoms with Crippen molar-refractivity contribution in [3.63, 3.8) is 0 Å². The number of aryl methyl sites for hydroxylation is 1. The van der Waals surface area contributed by atoms with Gasteiger partial charge in [0.2, 0.25) is 5.91 Å². The molecule has 1 amide bonds. The van der Waals surface area contributed by atoms with Crippen molar-refractivity contribution < 1.29 is 9.18 Å². The molecular formula is C19H18ClFN4O. The number of fused-ring (bicyclic) bond motifs is 1. The van der Waals surface area contributed by atoms with Gasteiger partial charge in [0.15, 0.2) is 0 Å². The SMILES string of the molecule is Cn1c([C@H]2CCN(C(=O)Cc3c(F)cccc3Cl)C2)nc2ccncc21. The van der Waals surface area contributed by atoms with Crippen LogP contribution in [-0.2, 0) is 18.3 Å². The Labute approximate surface area is 155 Å². The molecule has 0 N–H and O–H groups in total. The van der Waals surface area contributed by atoms with Crippen molar-refractivity contribution in [3.8, 4) is 0 Å². The lowest BCUT2D eigenvalue weighted by molar-refractivity contribution is -0.129. The van der Waals surface area contributed by atoms with Gasteiger partial charge in [0.25, 0.3) is 0 Å². The standard InChI is InChI=1S/C19H18ClFN4O/c1-24-17-10-22-7-5-16(17)23-19(24)12-6-8-25(11-12)18(26)9-13-14(20)3-2-4-15(13)21/h2-5,7,10,12H,6,8-9,11H2,1H3/t12-/m0/s1. The van der Waals surface area contributed by atoms with E-state index in [4.69, 9.17) is 16.6 Å². The van der Waals surface area contributed by atoms with Crippen molar-refractivity contribution in [2.24, 2.45) is 7.05 Å². The molecule has 134 valence electrons. The molecule has 1 saturated heterocycles. The number of hydrogen-bond donors (Lipinski definition) is 0. The van der Waals surface area contributed by atoms with Crippen LogP contribution in [0.15, 0.2) is 36.7 Å². The highest BCUT2D eigenvalue weighted by molar-refractivity contribution is 6.31. The first-order chi connectivity index (χ1) is 12.5. The first kappa shape index (κ1) is 17.0. The van der Waals surface area contributed by atoms with E-state index in [-0.39, 0.29) is 28.8 Å². The number of rotatable bonds is 3. The molecule has 4 rings (SSSR count). The van der Waals surface area contributed by atoms with Crippen molar-refractivity contribution in [1.82, 2.24) is 19.4 Å². The number of aromatic nitrogens is 3. The zero-order chi connectivity index (χ0) is 18.3. The molecule has 3 aromatic rings. The van der Waals surface area contributed by atoms with Gasteiger partial charge in [-0.1, -0.05) is 17.7 Å². The molecule has 1 atom stereocenters. The summed E-state index contributed by atoms with van der Waals surface area (Å²) < 4.78 is 16.0. The topological polar surface area (TPSA) is 51.0 Å². The number of likely N-dealkylation sites (tertiary alicyclic amines) is 1. The fourth-order valence-corrected chi connectivity index (χ4v) is 3.81. The lowest BCUT2D eigenvalue weighted by Gasteiger charge is -2.17. The van der Waals surface area contributed by atoms with Crippen molar-refractivity contribution in [3.05, 3.63) is 58.9 Å². The van der Waals surface area contributed by atoms with Gasteiger partial charge in [0.05, 0.1) is 23.7 Å². The fourth-order valence-electron chi connectivity index (χ4n) is 3.58. The molecule has 0 saturated carbocycles. The van der Waals surface area contributed by atoms with Crippen LogP contribution in [0, 0.1) is 5.82 Å². The Kier molecular flexibility index (Phi) is 4.36. The molecule has 1 fully saturated rings. The number of halogens is 2. The summed E-state index contributed by atoms with van der Waals surface area (Å²) >= 11 is 6.04. The normalized spacial score (nSPS) is 17.2.